The lowest BCUT2D eigenvalue weighted by atomic mass is 10.1. The second kappa shape index (κ2) is 6.17. The summed E-state index contributed by atoms with van der Waals surface area (Å²) >= 11 is 0. The predicted octanol–water partition coefficient (Wildman–Crippen LogP) is 3.10. The fourth-order valence-corrected chi connectivity index (χ4v) is 1.83. The maximum Gasteiger partial charge on any atom is 0.335 e. The molecule has 3 N–H and O–H groups in total. The largest absolute Gasteiger partial charge is 0.478 e. The third kappa shape index (κ3) is 3.17. The molecule has 0 aliphatic rings. The molecule has 0 amide bonds. The Morgan fingerprint density at radius 2 is 1.82 bits per heavy atom. The molecule has 112 valence electrons. The van der Waals surface area contributed by atoms with Crippen LogP contribution in [0.4, 0.5) is 14.5 Å². The maximum atomic E-state index is 13.7. The van der Waals surface area contributed by atoms with E-state index >= 15 is 0 Å². The second-order valence-corrected chi connectivity index (χ2v) is 4.42. The standard InChI is InChI=1S/C16H12F2N2O2/c1-9(16(21)22)11-4-2-3-5-14(11)20-15(19)12-7-6-10(17)8-13(12)18/h2-8H,1H2,(H2,19,20)(H,21,22). The lowest BCUT2D eigenvalue weighted by molar-refractivity contribution is -0.130. The molecular formula is C16H12F2N2O2. The van der Waals surface area contributed by atoms with Crippen LogP contribution in [-0.2, 0) is 4.79 Å². The number of aliphatic imine (C=N–C) groups is 1. The van der Waals surface area contributed by atoms with Crippen molar-refractivity contribution in [2.45, 2.75) is 0 Å². The minimum absolute atomic E-state index is 0.0721. The summed E-state index contributed by atoms with van der Waals surface area (Å²) < 4.78 is 26.6. The molecule has 0 atom stereocenters. The van der Waals surface area contributed by atoms with Crippen molar-refractivity contribution in [2.24, 2.45) is 10.7 Å². The van der Waals surface area contributed by atoms with E-state index in [-0.39, 0.29) is 28.2 Å². The van der Waals surface area contributed by atoms with Crippen LogP contribution in [0.15, 0.2) is 54.0 Å². The molecule has 6 heteroatoms. The molecule has 0 saturated heterocycles. The second-order valence-electron chi connectivity index (χ2n) is 4.42. The number of para-hydroxylation sites is 1. The Bertz CT molecular complexity index is 785. The SMILES string of the molecule is C=C(C(=O)O)c1ccccc1N=C(N)c1ccc(F)cc1F. The number of amidine groups is 1. The molecule has 0 fully saturated rings. The predicted molar refractivity (Wildman–Crippen MR) is 79.9 cm³/mol. The van der Waals surface area contributed by atoms with Gasteiger partial charge in [0.15, 0.2) is 0 Å². The van der Waals surface area contributed by atoms with Gasteiger partial charge in [0, 0.05) is 11.6 Å². The molecule has 0 bridgehead atoms. The topological polar surface area (TPSA) is 75.7 Å². The summed E-state index contributed by atoms with van der Waals surface area (Å²) in [6.45, 7) is 3.46. The summed E-state index contributed by atoms with van der Waals surface area (Å²) in [4.78, 5) is 15.0. The van der Waals surface area contributed by atoms with Crippen LogP contribution in [0, 0.1) is 11.6 Å². The Morgan fingerprint density at radius 3 is 2.45 bits per heavy atom. The number of benzene rings is 2. The number of aliphatic carboxylic acids is 1. The molecule has 22 heavy (non-hydrogen) atoms. The van der Waals surface area contributed by atoms with Gasteiger partial charge in [0.1, 0.15) is 17.5 Å². The van der Waals surface area contributed by atoms with E-state index in [1.807, 2.05) is 0 Å². The smallest absolute Gasteiger partial charge is 0.335 e. The lowest BCUT2D eigenvalue weighted by Gasteiger charge is -2.07. The monoisotopic (exact) mass is 302 g/mol. The summed E-state index contributed by atoms with van der Waals surface area (Å²) in [6, 6.07) is 9.21. The van der Waals surface area contributed by atoms with Gasteiger partial charge in [-0.05, 0) is 18.2 Å². The zero-order chi connectivity index (χ0) is 16.3. The van der Waals surface area contributed by atoms with E-state index < -0.39 is 17.6 Å². The summed E-state index contributed by atoms with van der Waals surface area (Å²) in [7, 11) is 0. The molecule has 0 aromatic heterocycles. The highest BCUT2D eigenvalue weighted by Crippen LogP contribution is 2.26. The van der Waals surface area contributed by atoms with E-state index in [9.17, 15) is 13.6 Å². The highest BCUT2D eigenvalue weighted by atomic mass is 19.1. The molecule has 0 spiro atoms. The highest BCUT2D eigenvalue weighted by Gasteiger charge is 2.13. The van der Waals surface area contributed by atoms with Gasteiger partial charge in [-0.15, -0.1) is 0 Å². The zero-order valence-corrected chi connectivity index (χ0v) is 11.4. The molecule has 0 aliphatic carbocycles. The fraction of sp³-hybridized carbons (Fsp3) is 0. The summed E-state index contributed by atoms with van der Waals surface area (Å²) in [5, 5.41) is 9.00. The van der Waals surface area contributed by atoms with Crippen molar-refractivity contribution in [3.63, 3.8) is 0 Å². The first-order valence-corrected chi connectivity index (χ1v) is 6.21. The van der Waals surface area contributed by atoms with Gasteiger partial charge in [-0.1, -0.05) is 24.8 Å². The van der Waals surface area contributed by atoms with Crippen LogP contribution in [0.2, 0.25) is 0 Å². The number of halogens is 2. The Kier molecular flexibility index (Phi) is 4.31. The van der Waals surface area contributed by atoms with E-state index in [0.29, 0.717) is 6.07 Å². The number of carboxylic acids is 1. The normalized spacial score (nSPS) is 11.3. The van der Waals surface area contributed by atoms with Gasteiger partial charge in [0.05, 0.1) is 16.8 Å². The molecule has 4 nitrogen and oxygen atoms in total. The average molecular weight is 302 g/mol. The number of hydrogen-bond acceptors (Lipinski definition) is 2. The fourth-order valence-electron chi connectivity index (χ4n) is 1.83. The van der Waals surface area contributed by atoms with Gasteiger partial charge >= 0.3 is 5.97 Å². The van der Waals surface area contributed by atoms with Crippen LogP contribution in [-0.4, -0.2) is 16.9 Å². The molecule has 0 heterocycles. The van der Waals surface area contributed by atoms with Gasteiger partial charge in [-0.2, -0.15) is 0 Å². The zero-order valence-electron chi connectivity index (χ0n) is 11.4. The number of carboxylic acid groups (broad SMARTS) is 1. The first-order chi connectivity index (χ1) is 10.4. The van der Waals surface area contributed by atoms with Gasteiger partial charge in [0.25, 0.3) is 0 Å². The number of hydrogen-bond donors (Lipinski definition) is 2. The van der Waals surface area contributed by atoms with Crippen molar-refractivity contribution in [1.29, 1.82) is 0 Å². The Hall–Kier alpha value is -3.02. The molecular weight excluding hydrogens is 290 g/mol. The van der Waals surface area contributed by atoms with Crippen molar-refractivity contribution >= 4 is 23.1 Å². The molecule has 2 aromatic carbocycles. The Labute approximate surface area is 125 Å². The van der Waals surface area contributed by atoms with E-state index in [4.69, 9.17) is 10.8 Å². The van der Waals surface area contributed by atoms with Crippen LogP contribution >= 0.6 is 0 Å². The Morgan fingerprint density at radius 1 is 1.14 bits per heavy atom. The van der Waals surface area contributed by atoms with Crippen LogP contribution < -0.4 is 5.73 Å². The number of rotatable bonds is 4. The number of nitrogens with zero attached hydrogens (tertiary/aromatic N) is 1. The lowest BCUT2D eigenvalue weighted by Crippen LogP contribution is -2.15. The number of carbonyl (C=O) groups is 1. The van der Waals surface area contributed by atoms with Gasteiger partial charge < -0.3 is 10.8 Å². The minimum atomic E-state index is -1.20. The molecule has 0 saturated carbocycles. The third-order valence-corrected chi connectivity index (χ3v) is 2.94. The first-order valence-electron chi connectivity index (χ1n) is 6.21. The average Bonchev–Trinajstić information content (AvgIpc) is 2.46. The van der Waals surface area contributed by atoms with Crippen LogP contribution in [0.5, 0.6) is 0 Å². The van der Waals surface area contributed by atoms with Crippen molar-refractivity contribution in [3.8, 4) is 0 Å². The van der Waals surface area contributed by atoms with Crippen molar-refractivity contribution < 1.29 is 18.7 Å². The van der Waals surface area contributed by atoms with Crippen LogP contribution in [0.1, 0.15) is 11.1 Å². The van der Waals surface area contributed by atoms with Crippen molar-refractivity contribution in [2.75, 3.05) is 0 Å². The van der Waals surface area contributed by atoms with Gasteiger partial charge in [-0.3, -0.25) is 0 Å². The maximum absolute atomic E-state index is 13.7. The van der Waals surface area contributed by atoms with Gasteiger partial charge in [0.2, 0.25) is 0 Å². The quantitative estimate of drug-likeness (QED) is 0.517. The molecule has 0 aliphatic heterocycles. The van der Waals surface area contributed by atoms with E-state index in [2.05, 4.69) is 11.6 Å². The van der Waals surface area contributed by atoms with Crippen LogP contribution in [0.3, 0.4) is 0 Å². The van der Waals surface area contributed by atoms with Crippen molar-refractivity contribution in [3.05, 3.63) is 71.8 Å². The molecule has 0 unspecified atom stereocenters. The molecule has 2 aromatic rings. The van der Waals surface area contributed by atoms with Gasteiger partial charge in [-0.25, -0.2) is 18.6 Å². The summed E-state index contributed by atoms with van der Waals surface area (Å²) in [6.07, 6.45) is 0. The summed E-state index contributed by atoms with van der Waals surface area (Å²) in [5.41, 5.74) is 6.00. The number of nitrogens with two attached hydrogens (primary N) is 1. The summed E-state index contributed by atoms with van der Waals surface area (Å²) in [5.74, 6) is -2.97. The van der Waals surface area contributed by atoms with E-state index in [1.54, 1.807) is 12.1 Å². The van der Waals surface area contributed by atoms with Crippen molar-refractivity contribution in [1.82, 2.24) is 0 Å². The Balaban J connectivity index is 2.49. The van der Waals surface area contributed by atoms with Crippen LogP contribution in [0.25, 0.3) is 5.57 Å². The molecule has 0 radical (unpaired) electrons. The molecule has 2 rings (SSSR count). The highest BCUT2D eigenvalue weighted by molar-refractivity contribution is 6.16. The first kappa shape index (κ1) is 15.4. The minimum Gasteiger partial charge on any atom is -0.478 e. The van der Waals surface area contributed by atoms with E-state index in [0.717, 1.165) is 12.1 Å². The third-order valence-electron chi connectivity index (χ3n) is 2.94. The van der Waals surface area contributed by atoms with E-state index in [1.165, 1.54) is 12.1 Å².